The van der Waals surface area contributed by atoms with Gasteiger partial charge in [0.2, 0.25) is 0 Å². The van der Waals surface area contributed by atoms with Crippen LogP contribution < -0.4 is 14.8 Å². The second-order valence-corrected chi connectivity index (χ2v) is 7.67. The Kier molecular flexibility index (Phi) is 6.45. The molecule has 6 heteroatoms. The van der Waals surface area contributed by atoms with Gasteiger partial charge in [-0.05, 0) is 66.8 Å². The number of carbonyl (C=O) groups is 1. The highest BCUT2D eigenvalue weighted by Crippen LogP contribution is 2.30. The van der Waals surface area contributed by atoms with Gasteiger partial charge >= 0.3 is 0 Å². The number of benzene rings is 2. The summed E-state index contributed by atoms with van der Waals surface area (Å²) in [6.07, 6.45) is 3.64. The van der Waals surface area contributed by atoms with Crippen LogP contribution in [-0.2, 0) is 6.54 Å². The average Bonchev–Trinajstić information content (AvgIpc) is 3.17. The van der Waals surface area contributed by atoms with Gasteiger partial charge in [-0.15, -0.1) is 0 Å². The second-order valence-electron chi connectivity index (χ2n) is 7.67. The second kappa shape index (κ2) is 9.03. The van der Waals surface area contributed by atoms with E-state index >= 15 is 0 Å². The lowest BCUT2D eigenvalue weighted by atomic mass is 9.96. The van der Waals surface area contributed by atoms with Crippen LogP contribution in [0, 0.1) is 13.8 Å². The fourth-order valence-corrected chi connectivity index (χ4v) is 3.43. The molecule has 0 bridgehead atoms. The molecule has 2 aromatic carbocycles. The number of nitrogens with zero attached hydrogens (tertiary/aromatic N) is 2. The van der Waals surface area contributed by atoms with Crippen LogP contribution in [0.25, 0.3) is 5.69 Å². The molecule has 0 unspecified atom stereocenters. The Labute approximate surface area is 177 Å². The van der Waals surface area contributed by atoms with E-state index in [1.54, 1.807) is 32.7 Å². The molecule has 0 saturated carbocycles. The highest BCUT2D eigenvalue weighted by molar-refractivity contribution is 5.95. The standard InChI is InChI=1S/C24H29N3O3/c1-15(2)20-10-19(16(3)9-22(20)29-5)12-25-24(28)18-7-8-21(23(11-18)30-6)27-13-17(4)26-14-27/h7-11,13-15H,12H2,1-6H3,(H,25,28). The first-order chi connectivity index (χ1) is 14.3. The topological polar surface area (TPSA) is 65.4 Å². The van der Waals surface area contributed by atoms with Crippen molar-refractivity contribution in [3.63, 3.8) is 0 Å². The van der Waals surface area contributed by atoms with E-state index in [2.05, 4.69) is 30.2 Å². The Hall–Kier alpha value is -3.28. The van der Waals surface area contributed by atoms with Crippen molar-refractivity contribution in [2.45, 2.75) is 40.2 Å². The van der Waals surface area contributed by atoms with Crippen molar-refractivity contribution in [3.05, 3.63) is 70.8 Å². The molecule has 0 atom stereocenters. The van der Waals surface area contributed by atoms with Crippen LogP contribution in [0.3, 0.4) is 0 Å². The monoisotopic (exact) mass is 407 g/mol. The van der Waals surface area contributed by atoms with Gasteiger partial charge in [-0.1, -0.05) is 13.8 Å². The van der Waals surface area contributed by atoms with Gasteiger partial charge in [-0.3, -0.25) is 4.79 Å². The zero-order chi connectivity index (χ0) is 21.8. The summed E-state index contributed by atoms with van der Waals surface area (Å²) in [5, 5.41) is 3.02. The molecule has 0 radical (unpaired) electrons. The molecule has 1 heterocycles. The molecule has 6 nitrogen and oxygen atoms in total. The summed E-state index contributed by atoms with van der Waals surface area (Å²) in [6, 6.07) is 9.56. The van der Waals surface area contributed by atoms with Crippen LogP contribution in [0.4, 0.5) is 0 Å². The minimum atomic E-state index is -0.150. The zero-order valence-electron chi connectivity index (χ0n) is 18.4. The molecular formula is C24H29N3O3. The van der Waals surface area contributed by atoms with Crippen molar-refractivity contribution in [3.8, 4) is 17.2 Å². The van der Waals surface area contributed by atoms with E-state index in [0.717, 1.165) is 33.8 Å². The Morgan fingerprint density at radius 2 is 1.83 bits per heavy atom. The van der Waals surface area contributed by atoms with Gasteiger partial charge in [0.15, 0.2) is 0 Å². The van der Waals surface area contributed by atoms with Gasteiger partial charge in [0, 0.05) is 18.3 Å². The highest BCUT2D eigenvalue weighted by Gasteiger charge is 2.14. The van der Waals surface area contributed by atoms with Crippen molar-refractivity contribution in [2.75, 3.05) is 14.2 Å². The van der Waals surface area contributed by atoms with Crippen molar-refractivity contribution >= 4 is 5.91 Å². The van der Waals surface area contributed by atoms with Crippen molar-refractivity contribution < 1.29 is 14.3 Å². The molecule has 0 saturated heterocycles. The van der Waals surface area contributed by atoms with E-state index < -0.39 is 0 Å². The maximum absolute atomic E-state index is 12.8. The van der Waals surface area contributed by atoms with E-state index in [0.29, 0.717) is 23.8 Å². The molecule has 0 aliphatic heterocycles. The highest BCUT2D eigenvalue weighted by atomic mass is 16.5. The molecular weight excluding hydrogens is 378 g/mol. The van der Waals surface area contributed by atoms with Crippen LogP contribution in [-0.4, -0.2) is 29.7 Å². The lowest BCUT2D eigenvalue weighted by Crippen LogP contribution is -2.23. The minimum absolute atomic E-state index is 0.150. The predicted molar refractivity (Wildman–Crippen MR) is 118 cm³/mol. The predicted octanol–water partition coefficient (Wildman–Crippen LogP) is 4.56. The van der Waals surface area contributed by atoms with Crippen LogP contribution in [0.2, 0.25) is 0 Å². The van der Waals surface area contributed by atoms with E-state index in [4.69, 9.17) is 9.47 Å². The lowest BCUT2D eigenvalue weighted by Gasteiger charge is -2.17. The van der Waals surface area contributed by atoms with Gasteiger partial charge in [0.05, 0.1) is 31.9 Å². The third-order valence-electron chi connectivity index (χ3n) is 5.18. The zero-order valence-corrected chi connectivity index (χ0v) is 18.4. The van der Waals surface area contributed by atoms with E-state index in [-0.39, 0.29) is 5.91 Å². The smallest absolute Gasteiger partial charge is 0.251 e. The molecule has 0 fully saturated rings. The third kappa shape index (κ3) is 4.48. The number of hydrogen-bond donors (Lipinski definition) is 1. The maximum atomic E-state index is 12.8. The van der Waals surface area contributed by atoms with E-state index in [9.17, 15) is 4.79 Å². The number of imidazole rings is 1. The largest absolute Gasteiger partial charge is 0.496 e. The summed E-state index contributed by atoms with van der Waals surface area (Å²) in [5.74, 6) is 1.68. The van der Waals surface area contributed by atoms with E-state index in [1.165, 1.54) is 0 Å². The molecule has 1 amide bonds. The minimum Gasteiger partial charge on any atom is -0.496 e. The summed E-state index contributed by atoms with van der Waals surface area (Å²) in [6.45, 7) is 8.66. The Morgan fingerprint density at radius 3 is 2.43 bits per heavy atom. The number of ether oxygens (including phenoxy) is 2. The third-order valence-corrected chi connectivity index (χ3v) is 5.18. The van der Waals surface area contributed by atoms with Crippen molar-refractivity contribution in [1.29, 1.82) is 0 Å². The Bertz CT molecular complexity index is 1050. The van der Waals surface area contributed by atoms with E-state index in [1.807, 2.05) is 36.7 Å². The van der Waals surface area contributed by atoms with Gasteiger partial charge in [0.1, 0.15) is 11.5 Å². The first-order valence-corrected chi connectivity index (χ1v) is 9.98. The summed E-state index contributed by atoms with van der Waals surface area (Å²) in [7, 11) is 3.28. The normalized spacial score (nSPS) is 10.9. The lowest BCUT2D eigenvalue weighted by molar-refractivity contribution is 0.0950. The molecule has 0 spiro atoms. The summed E-state index contributed by atoms with van der Waals surface area (Å²) < 4.78 is 12.9. The van der Waals surface area contributed by atoms with Crippen LogP contribution >= 0.6 is 0 Å². The number of aryl methyl sites for hydroxylation is 2. The van der Waals surface area contributed by atoms with Crippen LogP contribution in [0.15, 0.2) is 42.9 Å². The number of rotatable bonds is 7. The van der Waals surface area contributed by atoms with Crippen LogP contribution in [0.5, 0.6) is 11.5 Å². The fourth-order valence-electron chi connectivity index (χ4n) is 3.43. The average molecular weight is 408 g/mol. The SMILES string of the molecule is COc1cc(C)c(CNC(=O)c2ccc(-n3cnc(C)c3)c(OC)c2)cc1C(C)C. The van der Waals surface area contributed by atoms with Gasteiger partial charge in [-0.2, -0.15) is 0 Å². The summed E-state index contributed by atoms with van der Waals surface area (Å²) in [4.78, 5) is 17.0. The fraction of sp³-hybridized carbons (Fsp3) is 0.333. The first kappa shape index (κ1) is 21.4. The van der Waals surface area contributed by atoms with Crippen LogP contribution in [0.1, 0.15) is 52.5 Å². The number of carbonyl (C=O) groups excluding carboxylic acids is 1. The van der Waals surface area contributed by atoms with Crippen molar-refractivity contribution in [2.24, 2.45) is 0 Å². The molecule has 158 valence electrons. The maximum Gasteiger partial charge on any atom is 0.251 e. The Morgan fingerprint density at radius 1 is 1.10 bits per heavy atom. The number of methoxy groups -OCH3 is 2. The van der Waals surface area contributed by atoms with Gasteiger partial charge in [-0.25, -0.2) is 4.98 Å². The summed E-state index contributed by atoms with van der Waals surface area (Å²) >= 11 is 0. The van der Waals surface area contributed by atoms with Gasteiger partial charge < -0.3 is 19.4 Å². The number of amides is 1. The Balaban J connectivity index is 1.79. The van der Waals surface area contributed by atoms with Crippen molar-refractivity contribution in [1.82, 2.24) is 14.9 Å². The molecule has 0 aliphatic carbocycles. The molecule has 1 N–H and O–H groups in total. The molecule has 1 aromatic heterocycles. The molecule has 30 heavy (non-hydrogen) atoms. The number of nitrogens with one attached hydrogen (secondary N) is 1. The number of aromatic nitrogens is 2. The quantitative estimate of drug-likeness (QED) is 0.624. The number of hydrogen-bond acceptors (Lipinski definition) is 4. The first-order valence-electron chi connectivity index (χ1n) is 9.98. The molecule has 3 aromatic rings. The summed E-state index contributed by atoms with van der Waals surface area (Å²) in [5.41, 5.74) is 5.58. The molecule has 3 rings (SSSR count). The van der Waals surface area contributed by atoms with Gasteiger partial charge in [0.25, 0.3) is 5.91 Å². The molecule has 0 aliphatic rings.